The minimum absolute atomic E-state index is 0.796. The number of hydrogen-bond acceptors (Lipinski definition) is 3. The summed E-state index contributed by atoms with van der Waals surface area (Å²) in [7, 11) is 3.96. The van der Waals surface area contributed by atoms with E-state index in [-0.39, 0.29) is 0 Å². The molecule has 0 aromatic heterocycles. The van der Waals surface area contributed by atoms with Gasteiger partial charge >= 0.3 is 0 Å². The predicted octanol–water partition coefficient (Wildman–Crippen LogP) is 3.27. The summed E-state index contributed by atoms with van der Waals surface area (Å²) in [4.78, 5) is 9.09. The predicted molar refractivity (Wildman–Crippen MR) is 114 cm³/mol. The van der Waals surface area contributed by atoms with Gasteiger partial charge in [0.15, 0.2) is 5.96 Å². The standard InChI is InChI=1S/C22H36N4O/c1-4-5-6-7-8-12-25(3)22(23-2)24-18-20-10-9-11-21(17-20)19-26-13-15-27-16-14-26/h4,9-11,17H,1,5-8,12-16,18-19H2,2-3H3,(H,23,24). The van der Waals surface area contributed by atoms with Gasteiger partial charge in [0.05, 0.1) is 13.2 Å². The van der Waals surface area contributed by atoms with Gasteiger partial charge in [-0.3, -0.25) is 9.89 Å². The van der Waals surface area contributed by atoms with Crippen molar-refractivity contribution >= 4 is 5.96 Å². The molecule has 1 N–H and O–H groups in total. The van der Waals surface area contributed by atoms with Gasteiger partial charge in [0.2, 0.25) is 0 Å². The van der Waals surface area contributed by atoms with Gasteiger partial charge in [-0.05, 0) is 30.4 Å². The van der Waals surface area contributed by atoms with Crippen molar-refractivity contribution < 1.29 is 4.74 Å². The second-order valence-corrected chi connectivity index (χ2v) is 7.17. The van der Waals surface area contributed by atoms with Crippen LogP contribution in [0.25, 0.3) is 0 Å². The molecule has 5 nitrogen and oxygen atoms in total. The summed E-state index contributed by atoms with van der Waals surface area (Å²) in [6.45, 7) is 10.3. The van der Waals surface area contributed by atoms with E-state index < -0.39 is 0 Å². The lowest BCUT2D eigenvalue weighted by Gasteiger charge is -2.26. The van der Waals surface area contributed by atoms with Crippen LogP contribution in [-0.4, -0.2) is 62.7 Å². The van der Waals surface area contributed by atoms with Gasteiger partial charge in [-0.25, -0.2) is 0 Å². The van der Waals surface area contributed by atoms with Crippen molar-refractivity contribution in [2.45, 2.75) is 38.8 Å². The molecule has 0 bridgehead atoms. The number of aliphatic imine (C=N–C) groups is 1. The van der Waals surface area contributed by atoms with Crippen LogP contribution >= 0.6 is 0 Å². The maximum Gasteiger partial charge on any atom is 0.193 e. The number of rotatable bonds is 10. The Labute approximate surface area is 165 Å². The number of guanidine groups is 1. The second-order valence-electron chi connectivity index (χ2n) is 7.17. The van der Waals surface area contributed by atoms with E-state index in [9.17, 15) is 0 Å². The lowest BCUT2D eigenvalue weighted by atomic mass is 10.1. The van der Waals surface area contributed by atoms with Gasteiger partial charge in [-0.2, -0.15) is 0 Å². The van der Waals surface area contributed by atoms with E-state index in [2.05, 4.69) is 58.0 Å². The highest BCUT2D eigenvalue weighted by Crippen LogP contribution is 2.10. The molecular formula is C22H36N4O. The molecule has 5 heteroatoms. The summed E-state index contributed by atoms with van der Waals surface area (Å²) in [6.07, 6.45) is 6.74. The molecule has 1 aromatic carbocycles. The van der Waals surface area contributed by atoms with Crippen LogP contribution in [0.3, 0.4) is 0 Å². The summed E-state index contributed by atoms with van der Waals surface area (Å²) in [5.74, 6) is 0.956. The highest BCUT2D eigenvalue weighted by Gasteiger charge is 2.11. The lowest BCUT2D eigenvalue weighted by Crippen LogP contribution is -2.39. The third-order valence-electron chi connectivity index (χ3n) is 4.93. The molecule has 1 saturated heterocycles. The maximum atomic E-state index is 5.43. The Balaban J connectivity index is 1.77. The van der Waals surface area contributed by atoms with Crippen LogP contribution < -0.4 is 5.32 Å². The molecule has 2 rings (SSSR count). The van der Waals surface area contributed by atoms with E-state index in [1.807, 2.05) is 13.1 Å². The van der Waals surface area contributed by atoms with Crippen LogP contribution in [0.5, 0.6) is 0 Å². The fourth-order valence-corrected chi connectivity index (χ4v) is 3.34. The Hall–Kier alpha value is -1.85. The number of nitrogens with zero attached hydrogens (tertiary/aromatic N) is 3. The Morgan fingerprint density at radius 1 is 1.26 bits per heavy atom. The van der Waals surface area contributed by atoms with E-state index >= 15 is 0 Å². The van der Waals surface area contributed by atoms with Crippen LogP contribution in [0.4, 0.5) is 0 Å². The van der Waals surface area contributed by atoms with Crippen molar-refractivity contribution in [1.82, 2.24) is 15.1 Å². The largest absolute Gasteiger partial charge is 0.379 e. The summed E-state index contributed by atoms with van der Waals surface area (Å²) < 4.78 is 5.43. The number of ether oxygens (including phenoxy) is 1. The van der Waals surface area contributed by atoms with Gasteiger partial charge in [-0.15, -0.1) is 6.58 Å². The normalized spacial score (nSPS) is 15.6. The van der Waals surface area contributed by atoms with Crippen molar-refractivity contribution in [1.29, 1.82) is 0 Å². The summed E-state index contributed by atoms with van der Waals surface area (Å²) >= 11 is 0. The Morgan fingerprint density at radius 2 is 2.04 bits per heavy atom. The molecule has 1 aliphatic rings. The molecule has 0 atom stereocenters. The van der Waals surface area contributed by atoms with Crippen molar-refractivity contribution in [3.63, 3.8) is 0 Å². The number of hydrogen-bond donors (Lipinski definition) is 1. The Morgan fingerprint density at radius 3 is 2.78 bits per heavy atom. The maximum absolute atomic E-state index is 5.43. The van der Waals surface area contributed by atoms with Crippen LogP contribution in [0.15, 0.2) is 41.9 Å². The highest BCUT2D eigenvalue weighted by atomic mass is 16.5. The molecule has 1 aliphatic heterocycles. The molecule has 0 amide bonds. The van der Waals surface area contributed by atoms with Gasteiger partial charge in [0.1, 0.15) is 0 Å². The molecule has 0 radical (unpaired) electrons. The quantitative estimate of drug-likeness (QED) is 0.296. The summed E-state index contributed by atoms with van der Waals surface area (Å²) in [6, 6.07) is 8.84. The summed E-state index contributed by atoms with van der Waals surface area (Å²) in [5, 5.41) is 3.49. The fourth-order valence-electron chi connectivity index (χ4n) is 3.34. The lowest BCUT2D eigenvalue weighted by molar-refractivity contribution is 0.0342. The third-order valence-corrected chi connectivity index (χ3v) is 4.93. The molecule has 1 heterocycles. The number of unbranched alkanes of at least 4 members (excludes halogenated alkanes) is 3. The van der Waals surface area contributed by atoms with E-state index in [0.717, 1.165) is 58.3 Å². The smallest absolute Gasteiger partial charge is 0.193 e. The molecule has 0 saturated carbocycles. The molecule has 1 fully saturated rings. The van der Waals surface area contributed by atoms with Crippen LogP contribution in [-0.2, 0) is 17.8 Å². The topological polar surface area (TPSA) is 40.1 Å². The van der Waals surface area contributed by atoms with E-state index in [0.29, 0.717) is 0 Å². The first-order chi connectivity index (χ1) is 13.2. The zero-order valence-corrected chi connectivity index (χ0v) is 17.1. The molecule has 0 aliphatic carbocycles. The molecular weight excluding hydrogens is 336 g/mol. The highest BCUT2D eigenvalue weighted by molar-refractivity contribution is 5.79. The molecule has 1 aromatic rings. The van der Waals surface area contributed by atoms with Gasteiger partial charge in [-0.1, -0.05) is 36.8 Å². The van der Waals surface area contributed by atoms with Crippen LogP contribution in [0.1, 0.15) is 36.8 Å². The number of morpholine rings is 1. The Bertz CT molecular complexity index is 581. The Kier molecular flexibility index (Phi) is 9.95. The minimum atomic E-state index is 0.796. The van der Waals surface area contributed by atoms with Crippen molar-refractivity contribution in [3.05, 3.63) is 48.0 Å². The average Bonchev–Trinajstić information content (AvgIpc) is 2.69. The zero-order valence-electron chi connectivity index (χ0n) is 17.1. The van der Waals surface area contributed by atoms with E-state index in [1.54, 1.807) is 0 Å². The van der Waals surface area contributed by atoms with Crippen molar-refractivity contribution in [2.75, 3.05) is 46.9 Å². The first kappa shape index (κ1) is 21.5. The van der Waals surface area contributed by atoms with E-state index in [4.69, 9.17) is 4.74 Å². The first-order valence-electron chi connectivity index (χ1n) is 10.1. The molecule has 27 heavy (non-hydrogen) atoms. The molecule has 150 valence electrons. The first-order valence-corrected chi connectivity index (χ1v) is 10.1. The number of allylic oxidation sites excluding steroid dienone is 1. The summed E-state index contributed by atoms with van der Waals surface area (Å²) in [5.41, 5.74) is 2.66. The molecule has 0 spiro atoms. The number of nitrogens with one attached hydrogen (secondary N) is 1. The SMILES string of the molecule is C=CCCCCCN(C)C(=NC)NCc1cccc(CN2CCOCC2)c1. The second kappa shape index (κ2) is 12.5. The average molecular weight is 373 g/mol. The van der Waals surface area contributed by atoms with E-state index in [1.165, 1.54) is 30.4 Å². The van der Waals surface area contributed by atoms with Crippen molar-refractivity contribution in [3.8, 4) is 0 Å². The van der Waals surface area contributed by atoms with Crippen molar-refractivity contribution in [2.24, 2.45) is 4.99 Å². The number of benzene rings is 1. The van der Waals surface area contributed by atoms with Gasteiger partial charge in [0.25, 0.3) is 0 Å². The molecule has 0 unspecified atom stereocenters. The fraction of sp³-hybridized carbons (Fsp3) is 0.591. The third kappa shape index (κ3) is 8.14. The van der Waals surface area contributed by atoms with Gasteiger partial charge in [0, 0.05) is 46.8 Å². The van der Waals surface area contributed by atoms with Crippen LogP contribution in [0, 0.1) is 0 Å². The van der Waals surface area contributed by atoms with Gasteiger partial charge < -0.3 is 15.0 Å². The van der Waals surface area contributed by atoms with Crippen LogP contribution in [0.2, 0.25) is 0 Å². The minimum Gasteiger partial charge on any atom is -0.379 e. The zero-order chi connectivity index (χ0) is 19.3. The monoisotopic (exact) mass is 372 g/mol.